The number of aromatic nitrogens is 1. The first-order chi connectivity index (χ1) is 20.9. The van der Waals surface area contributed by atoms with Gasteiger partial charge in [0.25, 0.3) is 0 Å². The summed E-state index contributed by atoms with van der Waals surface area (Å²) in [6.45, 7) is 8.78. The SMILES string of the molecule is CO[C@H]1CC2C=C[C@@H]3C[C@]2(O[C@H]3[C@H](OC(=O)c2ccc[nH]2)[C@H](C)[C@H](C)O)/C(C)=C/[C@@H](C)[C@@H]([C@@H](C)OC(=O)NCCO)OC1=O. The van der Waals surface area contributed by atoms with Gasteiger partial charge < -0.3 is 44.2 Å². The molecular formula is C32H46N2O10. The molecule has 12 nitrogen and oxygen atoms in total. The summed E-state index contributed by atoms with van der Waals surface area (Å²) in [7, 11) is 1.45. The number of carbonyl (C=O) groups is 3. The highest BCUT2D eigenvalue weighted by atomic mass is 16.6. The Morgan fingerprint density at radius 1 is 1.20 bits per heavy atom. The molecule has 244 valence electrons. The molecule has 1 fully saturated rings. The molecule has 4 rings (SSSR count). The summed E-state index contributed by atoms with van der Waals surface area (Å²) in [6, 6.07) is 3.34. The number of ether oxygens (including phenoxy) is 5. The van der Waals surface area contributed by atoms with E-state index in [2.05, 4.69) is 16.4 Å². The van der Waals surface area contributed by atoms with E-state index in [-0.39, 0.29) is 31.4 Å². The number of rotatable bonds is 10. The van der Waals surface area contributed by atoms with Crippen molar-refractivity contribution in [1.29, 1.82) is 0 Å². The van der Waals surface area contributed by atoms with Gasteiger partial charge in [-0.05, 0) is 51.3 Å². The average Bonchev–Trinajstić information content (AvgIpc) is 3.63. The first kappa shape index (κ1) is 33.7. The van der Waals surface area contributed by atoms with Gasteiger partial charge in [0.1, 0.15) is 30.1 Å². The largest absolute Gasteiger partial charge is 0.456 e. The minimum Gasteiger partial charge on any atom is -0.456 e. The van der Waals surface area contributed by atoms with Crippen LogP contribution in [0.5, 0.6) is 0 Å². The van der Waals surface area contributed by atoms with Crippen molar-refractivity contribution in [3.8, 4) is 0 Å². The highest BCUT2D eigenvalue weighted by Crippen LogP contribution is 2.53. The van der Waals surface area contributed by atoms with E-state index >= 15 is 0 Å². The smallest absolute Gasteiger partial charge is 0.407 e. The molecule has 1 aromatic rings. The molecular weight excluding hydrogens is 572 g/mol. The van der Waals surface area contributed by atoms with Crippen LogP contribution in [0.2, 0.25) is 0 Å². The van der Waals surface area contributed by atoms with Crippen molar-refractivity contribution < 1.29 is 48.3 Å². The van der Waals surface area contributed by atoms with Crippen molar-refractivity contribution in [1.82, 2.24) is 10.3 Å². The summed E-state index contributed by atoms with van der Waals surface area (Å²) in [5, 5.41) is 22.0. The molecule has 1 spiro atoms. The van der Waals surface area contributed by atoms with Crippen LogP contribution in [0.15, 0.2) is 42.1 Å². The third-order valence-corrected chi connectivity index (χ3v) is 9.26. The molecule has 44 heavy (non-hydrogen) atoms. The van der Waals surface area contributed by atoms with E-state index in [1.807, 2.05) is 32.9 Å². The Bertz CT molecular complexity index is 1210. The Morgan fingerprint density at radius 3 is 2.59 bits per heavy atom. The lowest BCUT2D eigenvalue weighted by Crippen LogP contribution is -2.48. The van der Waals surface area contributed by atoms with E-state index in [0.29, 0.717) is 12.1 Å². The number of carbonyl (C=O) groups excluding carboxylic acids is 3. The first-order valence-corrected chi connectivity index (χ1v) is 15.3. The first-order valence-electron chi connectivity index (χ1n) is 15.3. The monoisotopic (exact) mass is 618 g/mol. The van der Waals surface area contributed by atoms with Crippen molar-refractivity contribution in [3.63, 3.8) is 0 Å². The predicted octanol–water partition coefficient (Wildman–Crippen LogP) is 2.91. The van der Waals surface area contributed by atoms with Crippen LogP contribution in [0.3, 0.4) is 0 Å². The van der Waals surface area contributed by atoms with E-state index in [4.69, 9.17) is 28.8 Å². The number of amides is 1. The highest BCUT2D eigenvalue weighted by Gasteiger charge is 2.57. The van der Waals surface area contributed by atoms with Crippen molar-refractivity contribution in [2.24, 2.45) is 23.7 Å². The predicted molar refractivity (Wildman–Crippen MR) is 158 cm³/mol. The van der Waals surface area contributed by atoms with Gasteiger partial charge in [0.2, 0.25) is 0 Å². The van der Waals surface area contributed by atoms with E-state index in [1.54, 1.807) is 32.2 Å². The van der Waals surface area contributed by atoms with Gasteiger partial charge in [0.05, 0.1) is 18.3 Å². The van der Waals surface area contributed by atoms with Gasteiger partial charge >= 0.3 is 18.0 Å². The maximum atomic E-state index is 13.4. The van der Waals surface area contributed by atoms with Gasteiger partial charge in [-0.15, -0.1) is 0 Å². The van der Waals surface area contributed by atoms with Crippen LogP contribution < -0.4 is 5.32 Å². The van der Waals surface area contributed by atoms with E-state index in [0.717, 1.165) is 5.57 Å². The second-order valence-electron chi connectivity index (χ2n) is 12.2. The number of aliphatic hydroxyl groups is 2. The summed E-state index contributed by atoms with van der Waals surface area (Å²) in [4.78, 5) is 41.6. The summed E-state index contributed by atoms with van der Waals surface area (Å²) >= 11 is 0. The van der Waals surface area contributed by atoms with Gasteiger partial charge in [-0.1, -0.05) is 32.1 Å². The second kappa shape index (κ2) is 14.3. The van der Waals surface area contributed by atoms with Gasteiger partial charge in [0.15, 0.2) is 6.10 Å². The number of nitrogens with one attached hydrogen (secondary N) is 2. The Labute approximate surface area is 258 Å². The lowest BCUT2D eigenvalue weighted by atomic mass is 9.69. The molecule has 1 amide bonds. The number of aromatic amines is 1. The van der Waals surface area contributed by atoms with Crippen molar-refractivity contribution >= 4 is 18.0 Å². The molecule has 0 aromatic carbocycles. The van der Waals surface area contributed by atoms with Crippen molar-refractivity contribution in [2.45, 2.75) is 89.7 Å². The maximum absolute atomic E-state index is 13.4. The number of H-pyrrole nitrogens is 1. The van der Waals surface area contributed by atoms with Crippen molar-refractivity contribution in [3.05, 3.63) is 47.8 Å². The number of cyclic esters (lactones) is 1. The molecule has 3 heterocycles. The van der Waals surface area contributed by atoms with Crippen LogP contribution >= 0.6 is 0 Å². The highest BCUT2D eigenvalue weighted by molar-refractivity contribution is 5.87. The molecule has 0 saturated carbocycles. The van der Waals surface area contributed by atoms with Gasteiger partial charge in [-0.3, -0.25) is 0 Å². The number of hydrogen-bond donors (Lipinski definition) is 4. The Morgan fingerprint density at radius 2 is 1.95 bits per heavy atom. The standard InChI is InChI=1S/C32H46N2O10/c1-17-14-18(2)32-16-22(28(44-32)27(19(3)20(4)36)43-29(37)24-8-7-11-33-24)9-10-23(32)15-25(40-6)30(38)42-26(17)21(5)41-31(39)34-12-13-35/h7-11,14,17,19-23,25-28,33,35-36H,12-13,15-16H2,1-6H3,(H,34,39)/b18-14+/t17-,19-,20+,21-,22-,23?,25+,26+,27-,28-,32+/m1/s1. The molecule has 11 atom stereocenters. The summed E-state index contributed by atoms with van der Waals surface area (Å²) in [5.41, 5.74) is 0.355. The van der Waals surface area contributed by atoms with Crippen LogP contribution in [0.1, 0.15) is 57.9 Å². The number of alkyl carbamates (subject to hydrolysis) is 1. The zero-order valence-electron chi connectivity index (χ0n) is 26.2. The fourth-order valence-electron chi connectivity index (χ4n) is 6.64. The molecule has 1 aliphatic carbocycles. The quantitative estimate of drug-likeness (QED) is 0.174. The van der Waals surface area contributed by atoms with E-state index < -0.39 is 72.1 Å². The molecule has 1 saturated heterocycles. The third kappa shape index (κ3) is 7.03. The van der Waals surface area contributed by atoms with Crippen LogP contribution in [0.25, 0.3) is 0 Å². The topological polar surface area (TPSA) is 166 Å². The van der Waals surface area contributed by atoms with Crippen LogP contribution in [-0.2, 0) is 28.5 Å². The molecule has 0 radical (unpaired) electrons. The number of hydrogen-bond acceptors (Lipinski definition) is 10. The molecule has 1 unspecified atom stereocenters. The fourth-order valence-corrected chi connectivity index (χ4v) is 6.64. The van der Waals surface area contributed by atoms with Gasteiger partial charge in [0, 0.05) is 43.5 Å². The third-order valence-electron chi connectivity index (χ3n) is 9.26. The Kier molecular flexibility index (Phi) is 10.9. The molecule has 2 aliphatic heterocycles. The molecule has 2 bridgehead atoms. The average molecular weight is 619 g/mol. The Hall–Kier alpha value is -3.19. The Balaban J connectivity index is 1.68. The van der Waals surface area contributed by atoms with E-state index in [1.165, 1.54) is 7.11 Å². The number of esters is 2. The maximum Gasteiger partial charge on any atom is 0.407 e. The van der Waals surface area contributed by atoms with Crippen molar-refractivity contribution in [2.75, 3.05) is 20.3 Å². The lowest BCUT2D eigenvalue weighted by molar-refractivity contribution is -0.172. The zero-order valence-corrected chi connectivity index (χ0v) is 26.2. The van der Waals surface area contributed by atoms with E-state index in [9.17, 15) is 19.5 Å². The second-order valence-corrected chi connectivity index (χ2v) is 12.2. The summed E-state index contributed by atoms with van der Waals surface area (Å²) in [5.74, 6) is -2.34. The minimum atomic E-state index is -0.922. The van der Waals surface area contributed by atoms with Gasteiger partial charge in [-0.2, -0.15) is 0 Å². The lowest BCUT2D eigenvalue weighted by Gasteiger charge is -2.41. The zero-order chi connectivity index (χ0) is 32.2. The van der Waals surface area contributed by atoms with Gasteiger partial charge in [-0.25, -0.2) is 14.4 Å². The summed E-state index contributed by atoms with van der Waals surface area (Å²) in [6.07, 6.45) is 3.15. The molecule has 4 N–H and O–H groups in total. The minimum absolute atomic E-state index is 0.0302. The van der Waals surface area contributed by atoms with Crippen LogP contribution in [0.4, 0.5) is 4.79 Å². The summed E-state index contributed by atoms with van der Waals surface area (Å²) < 4.78 is 30.0. The number of aliphatic hydroxyl groups excluding tert-OH is 2. The number of fused-ring (bicyclic) bond motifs is 1. The van der Waals surface area contributed by atoms with Crippen LogP contribution in [-0.4, -0.2) is 95.7 Å². The number of methoxy groups -OCH3 is 1. The molecule has 12 heteroatoms. The normalized spacial score (nSPS) is 33.9. The molecule has 1 aromatic heterocycles. The van der Waals surface area contributed by atoms with Crippen LogP contribution in [0, 0.1) is 23.7 Å². The fraction of sp³-hybridized carbons (Fsp3) is 0.656. The molecule has 3 aliphatic rings.